The maximum absolute atomic E-state index is 11.8. The van der Waals surface area contributed by atoms with Crippen LogP contribution in [0.2, 0.25) is 0 Å². The summed E-state index contributed by atoms with van der Waals surface area (Å²) >= 11 is 0. The van der Waals surface area contributed by atoms with Crippen molar-refractivity contribution in [3.05, 3.63) is 17.2 Å². The van der Waals surface area contributed by atoms with Gasteiger partial charge in [0, 0.05) is 18.9 Å². The molecule has 0 heterocycles. The second-order valence-electron chi connectivity index (χ2n) is 4.36. The molecule has 0 saturated heterocycles. The summed E-state index contributed by atoms with van der Waals surface area (Å²) in [6.07, 6.45) is 1.40. The summed E-state index contributed by atoms with van der Waals surface area (Å²) in [5.74, 6) is -2.57. The molecule has 0 spiro atoms. The average Bonchev–Trinajstić information content (AvgIpc) is 2.28. The molecule has 1 aromatic rings. The molecular formula is C14H18O5. The van der Waals surface area contributed by atoms with Gasteiger partial charge in [0.1, 0.15) is 28.4 Å². The van der Waals surface area contributed by atoms with Crippen LogP contribution in [0.5, 0.6) is 17.2 Å². The molecule has 0 aliphatic heterocycles. The van der Waals surface area contributed by atoms with Gasteiger partial charge in [-0.2, -0.15) is 0 Å². The first-order chi connectivity index (χ1) is 8.93. The summed E-state index contributed by atoms with van der Waals surface area (Å²) in [6.45, 7) is 3.57. The Kier molecular flexibility index (Phi) is 4.92. The monoisotopic (exact) mass is 266 g/mol. The highest BCUT2D eigenvalue weighted by Gasteiger charge is 2.25. The standard InChI is InChI=1S/C14H18O5/c1-3-5-8(15)12-10(17)7-11(18)13(14(12)19)9(16)6-4-2/h7,17-19H,3-6H2,1-2H3. The summed E-state index contributed by atoms with van der Waals surface area (Å²) in [7, 11) is 0. The molecule has 104 valence electrons. The van der Waals surface area contributed by atoms with Crippen molar-refractivity contribution in [1.29, 1.82) is 0 Å². The van der Waals surface area contributed by atoms with Crippen LogP contribution in [-0.2, 0) is 0 Å². The SMILES string of the molecule is CCCC(=O)c1c(O)cc(O)c(C(=O)CCC)c1O. The molecule has 5 heteroatoms. The largest absolute Gasteiger partial charge is 0.507 e. The Morgan fingerprint density at radius 1 is 0.895 bits per heavy atom. The zero-order chi connectivity index (χ0) is 14.6. The summed E-state index contributed by atoms with van der Waals surface area (Å²) in [5.41, 5.74) is -0.585. The molecule has 0 aliphatic carbocycles. The van der Waals surface area contributed by atoms with E-state index in [-0.39, 0.29) is 24.0 Å². The van der Waals surface area contributed by atoms with Crippen molar-refractivity contribution in [2.24, 2.45) is 0 Å². The highest BCUT2D eigenvalue weighted by atomic mass is 16.3. The number of carbonyl (C=O) groups is 2. The lowest BCUT2D eigenvalue weighted by molar-refractivity contribution is 0.0974. The number of rotatable bonds is 6. The predicted molar refractivity (Wildman–Crippen MR) is 69.9 cm³/mol. The third kappa shape index (κ3) is 3.05. The number of hydrogen-bond acceptors (Lipinski definition) is 5. The van der Waals surface area contributed by atoms with Crippen LogP contribution in [-0.4, -0.2) is 26.9 Å². The molecule has 1 aromatic carbocycles. The normalized spacial score (nSPS) is 10.4. The number of carbonyl (C=O) groups excluding carboxylic acids is 2. The number of ketones is 2. The summed E-state index contributed by atoms with van der Waals surface area (Å²) < 4.78 is 0. The fraction of sp³-hybridized carbons (Fsp3) is 0.429. The van der Waals surface area contributed by atoms with Crippen molar-refractivity contribution in [1.82, 2.24) is 0 Å². The van der Waals surface area contributed by atoms with E-state index in [9.17, 15) is 24.9 Å². The van der Waals surface area contributed by atoms with E-state index in [4.69, 9.17) is 0 Å². The molecule has 19 heavy (non-hydrogen) atoms. The van der Waals surface area contributed by atoms with Gasteiger partial charge in [-0.05, 0) is 12.8 Å². The van der Waals surface area contributed by atoms with Gasteiger partial charge in [-0.1, -0.05) is 13.8 Å². The van der Waals surface area contributed by atoms with Gasteiger partial charge in [0.25, 0.3) is 0 Å². The minimum Gasteiger partial charge on any atom is -0.507 e. The highest BCUT2D eigenvalue weighted by molar-refractivity contribution is 6.08. The summed E-state index contributed by atoms with van der Waals surface area (Å²) in [6, 6.07) is 0.922. The predicted octanol–water partition coefficient (Wildman–Crippen LogP) is 2.77. The Labute approximate surface area is 111 Å². The van der Waals surface area contributed by atoms with Crippen molar-refractivity contribution in [3.63, 3.8) is 0 Å². The van der Waals surface area contributed by atoms with Crippen LogP contribution in [0.1, 0.15) is 60.2 Å². The zero-order valence-electron chi connectivity index (χ0n) is 11.1. The number of phenolic OH excluding ortho intramolecular Hbond substituents is 3. The van der Waals surface area contributed by atoms with Gasteiger partial charge in [0.15, 0.2) is 11.6 Å². The number of Topliss-reactive ketones (excluding diaryl/α,β-unsaturated/α-hetero) is 2. The van der Waals surface area contributed by atoms with Crippen molar-refractivity contribution < 1.29 is 24.9 Å². The Hall–Kier alpha value is -2.04. The smallest absolute Gasteiger partial charge is 0.170 e. The lowest BCUT2D eigenvalue weighted by atomic mass is 9.96. The molecule has 3 N–H and O–H groups in total. The molecule has 1 rings (SSSR count). The van der Waals surface area contributed by atoms with Gasteiger partial charge in [-0.15, -0.1) is 0 Å². The molecule has 0 radical (unpaired) electrons. The maximum atomic E-state index is 11.8. The fourth-order valence-electron chi connectivity index (χ4n) is 1.90. The Bertz CT molecular complexity index is 463. The van der Waals surface area contributed by atoms with Crippen molar-refractivity contribution in [2.45, 2.75) is 39.5 Å². The van der Waals surface area contributed by atoms with E-state index in [0.717, 1.165) is 6.07 Å². The Morgan fingerprint density at radius 3 is 1.58 bits per heavy atom. The van der Waals surface area contributed by atoms with E-state index in [0.29, 0.717) is 12.8 Å². The summed E-state index contributed by atoms with van der Waals surface area (Å²) in [5, 5.41) is 29.3. The summed E-state index contributed by atoms with van der Waals surface area (Å²) in [4.78, 5) is 23.6. The second-order valence-corrected chi connectivity index (χ2v) is 4.36. The lowest BCUT2D eigenvalue weighted by Crippen LogP contribution is -2.05. The number of hydrogen-bond donors (Lipinski definition) is 3. The number of benzene rings is 1. The molecule has 0 amide bonds. The van der Waals surface area contributed by atoms with E-state index < -0.39 is 28.8 Å². The van der Waals surface area contributed by atoms with E-state index in [2.05, 4.69) is 0 Å². The number of phenols is 3. The zero-order valence-corrected chi connectivity index (χ0v) is 11.1. The third-order valence-corrected chi connectivity index (χ3v) is 2.77. The van der Waals surface area contributed by atoms with E-state index >= 15 is 0 Å². The van der Waals surface area contributed by atoms with Crippen molar-refractivity contribution in [3.8, 4) is 17.2 Å². The third-order valence-electron chi connectivity index (χ3n) is 2.77. The van der Waals surface area contributed by atoms with Gasteiger partial charge in [-0.3, -0.25) is 9.59 Å². The topological polar surface area (TPSA) is 94.8 Å². The molecule has 0 bridgehead atoms. The molecule has 0 fully saturated rings. The van der Waals surface area contributed by atoms with Crippen LogP contribution in [0.25, 0.3) is 0 Å². The van der Waals surface area contributed by atoms with Crippen molar-refractivity contribution >= 4 is 11.6 Å². The molecular weight excluding hydrogens is 248 g/mol. The first-order valence-electron chi connectivity index (χ1n) is 6.28. The minimum atomic E-state index is -0.630. The first kappa shape index (κ1) is 15.0. The quantitative estimate of drug-likeness (QED) is 0.688. The highest BCUT2D eigenvalue weighted by Crippen LogP contribution is 2.39. The molecule has 0 unspecified atom stereocenters. The van der Waals surface area contributed by atoms with Crippen LogP contribution in [0.4, 0.5) is 0 Å². The first-order valence-corrected chi connectivity index (χ1v) is 6.28. The molecule has 0 aliphatic rings. The van der Waals surface area contributed by atoms with Gasteiger partial charge in [0.2, 0.25) is 0 Å². The molecule has 5 nitrogen and oxygen atoms in total. The van der Waals surface area contributed by atoms with Gasteiger partial charge in [0.05, 0.1) is 0 Å². The van der Waals surface area contributed by atoms with Crippen LogP contribution in [0, 0.1) is 0 Å². The van der Waals surface area contributed by atoms with Crippen LogP contribution >= 0.6 is 0 Å². The second kappa shape index (κ2) is 6.22. The molecule has 0 aromatic heterocycles. The van der Waals surface area contributed by atoms with Crippen molar-refractivity contribution in [2.75, 3.05) is 0 Å². The Morgan fingerprint density at radius 2 is 1.26 bits per heavy atom. The molecule has 0 atom stereocenters. The molecule has 0 saturated carbocycles. The maximum Gasteiger partial charge on any atom is 0.170 e. The fourth-order valence-corrected chi connectivity index (χ4v) is 1.90. The Balaban J connectivity index is 3.38. The van der Waals surface area contributed by atoms with Crippen LogP contribution < -0.4 is 0 Å². The van der Waals surface area contributed by atoms with Crippen LogP contribution in [0.15, 0.2) is 6.07 Å². The number of aromatic hydroxyl groups is 3. The van der Waals surface area contributed by atoms with Crippen LogP contribution in [0.3, 0.4) is 0 Å². The average molecular weight is 266 g/mol. The van der Waals surface area contributed by atoms with E-state index in [1.165, 1.54) is 0 Å². The van der Waals surface area contributed by atoms with Gasteiger partial charge < -0.3 is 15.3 Å². The minimum absolute atomic E-state index is 0.146. The van der Waals surface area contributed by atoms with Gasteiger partial charge in [-0.25, -0.2) is 0 Å². The van der Waals surface area contributed by atoms with Gasteiger partial charge >= 0.3 is 0 Å². The lowest BCUT2D eigenvalue weighted by Gasteiger charge is -2.12. The van der Waals surface area contributed by atoms with E-state index in [1.807, 2.05) is 0 Å². The van der Waals surface area contributed by atoms with E-state index in [1.54, 1.807) is 13.8 Å².